The summed E-state index contributed by atoms with van der Waals surface area (Å²) in [6.07, 6.45) is 1.49. The average Bonchev–Trinajstić information content (AvgIpc) is 2.73. The molecule has 2 aromatic carbocycles. The number of aldehydes is 1. The second-order valence-corrected chi connectivity index (χ2v) is 8.89. The Morgan fingerprint density at radius 2 is 1.76 bits per heavy atom. The van der Waals surface area contributed by atoms with Gasteiger partial charge in [0.25, 0.3) is 0 Å². The molecule has 0 amide bonds. The fourth-order valence-electron chi connectivity index (χ4n) is 2.90. The lowest BCUT2D eigenvalue weighted by Gasteiger charge is -2.30. The number of hydrogen-bond acceptors (Lipinski definition) is 5. The Bertz CT molecular complexity index is 810. The van der Waals surface area contributed by atoms with E-state index in [1.165, 1.54) is 0 Å². The number of carbonyl (C=O) groups is 1. The number of nitrogens with two attached hydrogens (primary N) is 1. The number of hydrogen-bond donors (Lipinski definition) is 4. The summed E-state index contributed by atoms with van der Waals surface area (Å²) in [7, 11) is -4.58. The van der Waals surface area contributed by atoms with E-state index in [0.29, 0.717) is 17.9 Å². The molecule has 7 nitrogen and oxygen atoms in total. The maximum absolute atomic E-state index is 11.8. The summed E-state index contributed by atoms with van der Waals surface area (Å²) in [4.78, 5) is 30.7. The van der Waals surface area contributed by atoms with Gasteiger partial charge in [-0.05, 0) is 29.2 Å². The van der Waals surface area contributed by atoms with Crippen LogP contribution in [0.1, 0.15) is 37.4 Å². The summed E-state index contributed by atoms with van der Waals surface area (Å²) in [6.45, 7) is 4.25. The zero-order valence-corrected chi connectivity index (χ0v) is 17.5. The Morgan fingerprint density at radius 1 is 1.14 bits per heavy atom. The SMILES string of the molecule is CC[C@H](C)[C@@H](C=O)NC(c1ccc(OCc2ccccc2)cc1)C(N)P(=O)(O)O. The molecule has 0 aliphatic carbocycles. The molecule has 2 rings (SSSR count). The van der Waals surface area contributed by atoms with Crippen molar-refractivity contribution in [2.75, 3.05) is 0 Å². The van der Waals surface area contributed by atoms with Crippen molar-refractivity contribution in [1.82, 2.24) is 5.32 Å². The molecule has 0 heterocycles. The quantitative estimate of drug-likeness (QED) is 0.326. The van der Waals surface area contributed by atoms with Gasteiger partial charge in [0, 0.05) is 0 Å². The van der Waals surface area contributed by atoms with Gasteiger partial charge in [-0.2, -0.15) is 0 Å². The van der Waals surface area contributed by atoms with E-state index >= 15 is 0 Å². The third-order valence-electron chi connectivity index (χ3n) is 4.99. The molecular formula is C21H29N2O5P. The van der Waals surface area contributed by atoms with Crippen LogP contribution in [0.4, 0.5) is 0 Å². The van der Waals surface area contributed by atoms with Crippen molar-refractivity contribution < 1.29 is 23.9 Å². The van der Waals surface area contributed by atoms with E-state index in [4.69, 9.17) is 10.5 Å². The van der Waals surface area contributed by atoms with E-state index in [1.807, 2.05) is 44.2 Å². The molecule has 4 atom stereocenters. The van der Waals surface area contributed by atoms with Crippen LogP contribution in [0.2, 0.25) is 0 Å². The number of carbonyl (C=O) groups excluding carboxylic acids is 1. The molecule has 8 heteroatoms. The van der Waals surface area contributed by atoms with Crippen LogP contribution in [0.5, 0.6) is 5.75 Å². The van der Waals surface area contributed by atoms with Gasteiger partial charge in [0.05, 0.1) is 12.1 Å². The molecule has 2 aromatic rings. The van der Waals surface area contributed by atoms with Crippen molar-refractivity contribution in [3.63, 3.8) is 0 Å². The minimum absolute atomic E-state index is 0.00699. The highest BCUT2D eigenvalue weighted by atomic mass is 31.2. The Balaban J connectivity index is 2.19. The third kappa shape index (κ3) is 6.77. The van der Waals surface area contributed by atoms with Gasteiger partial charge in [-0.1, -0.05) is 62.7 Å². The molecule has 0 bridgehead atoms. The smallest absolute Gasteiger partial charge is 0.344 e. The van der Waals surface area contributed by atoms with E-state index < -0.39 is 25.5 Å². The van der Waals surface area contributed by atoms with Gasteiger partial charge < -0.3 is 25.1 Å². The Morgan fingerprint density at radius 3 is 2.28 bits per heavy atom. The Kier molecular flexibility index (Phi) is 8.56. The molecule has 0 aromatic heterocycles. The van der Waals surface area contributed by atoms with Gasteiger partial charge in [0.2, 0.25) is 0 Å². The second-order valence-electron chi connectivity index (χ2n) is 7.11. The molecule has 0 fully saturated rings. The van der Waals surface area contributed by atoms with Crippen LogP contribution in [0.3, 0.4) is 0 Å². The maximum Gasteiger partial charge on any atom is 0.344 e. The first-order chi connectivity index (χ1) is 13.8. The van der Waals surface area contributed by atoms with E-state index in [-0.39, 0.29) is 5.92 Å². The Hall–Kier alpha value is -2.02. The first-order valence-corrected chi connectivity index (χ1v) is 11.2. The number of rotatable bonds is 11. The monoisotopic (exact) mass is 420 g/mol. The lowest BCUT2D eigenvalue weighted by molar-refractivity contribution is -0.110. The summed E-state index contributed by atoms with van der Waals surface area (Å²) in [5, 5.41) is 3.03. The summed E-state index contributed by atoms with van der Waals surface area (Å²) >= 11 is 0. The minimum atomic E-state index is -4.58. The van der Waals surface area contributed by atoms with E-state index in [9.17, 15) is 19.1 Å². The van der Waals surface area contributed by atoms with Crippen molar-refractivity contribution in [2.24, 2.45) is 11.7 Å². The van der Waals surface area contributed by atoms with Gasteiger partial charge in [0.15, 0.2) is 0 Å². The third-order valence-corrected chi connectivity index (χ3v) is 6.07. The molecule has 2 unspecified atom stereocenters. The first-order valence-electron chi connectivity index (χ1n) is 9.55. The van der Waals surface area contributed by atoms with Crippen LogP contribution in [-0.4, -0.2) is 27.9 Å². The predicted molar refractivity (Wildman–Crippen MR) is 112 cm³/mol. The van der Waals surface area contributed by atoms with Crippen LogP contribution in [0, 0.1) is 5.92 Å². The summed E-state index contributed by atoms with van der Waals surface area (Å²) in [5.41, 5.74) is 7.47. The summed E-state index contributed by atoms with van der Waals surface area (Å²) < 4.78 is 17.5. The van der Waals surface area contributed by atoms with Crippen LogP contribution in [0.25, 0.3) is 0 Å². The highest BCUT2D eigenvalue weighted by Crippen LogP contribution is 2.44. The largest absolute Gasteiger partial charge is 0.489 e. The minimum Gasteiger partial charge on any atom is -0.489 e. The fourth-order valence-corrected chi connectivity index (χ4v) is 3.54. The molecule has 5 N–H and O–H groups in total. The zero-order chi connectivity index (χ0) is 21.4. The molecule has 0 radical (unpaired) electrons. The highest BCUT2D eigenvalue weighted by Gasteiger charge is 2.35. The van der Waals surface area contributed by atoms with Gasteiger partial charge >= 0.3 is 7.60 Å². The van der Waals surface area contributed by atoms with Crippen LogP contribution < -0.4 is 15.8 Å². The summed E-state index contributed by atoms with van der Waals surface area (Å²) in [5.74, 6) is -0.868. The highest BCUT2D eigenvalue weighted by molar-refractivity contribution is 7.52. The van der Waals surface area contributed by atoms with Crippen molar-refractivity contribution in [3.05, 3.63) is 65.7 Å². The van der Waals surface area contributed by atoms with E-state index in [1.54, 1.807) is 24.3 Å². The molecule has 0 aliphatic rings. The normalized spacial score (nSPS) is 15.9. The van der Waals surface area contributed by atoms with Crippen molar-refractivity contribution in [3.8, 4) is 5.75 Å². The fraction of sp³-hybridized carbons (Fsp3) is 0.381. The molecule has 0 saturated heterocycles. The van der Waals surface area contributed by atoms with Gasteiger partial charge in [-0.3, -0.25) is 9.88 Å². The lowest BCUT2D eigenvalue weighted by Crippen LogP contribution is -2.46. The van der Waals surface area contributed by atoms with Crippen LogP contribution in [-0.2, 0) is 16.0 Å². The maximum atomic E-state index is 11.8. The van der Waals surface area contributed by atoms with Gasteiger partial charge in [-0.15, -0.1) is 0 Å². The first kappa shape index (κ1) is 23.3. The molecule has 0 spiro atoms. The zero-order valence-electron chi connectivity index (χ0n) is 16.6. The molecule has 29 heavy (non-hydrogen) atoms. The van der Waals surface area contributed by atoms with Crippen LogP contribution in [0.15, 0.2) is 54.6 Å². The van der Waals surface area contributed by atoms with Crippen molar-refractivity contribution >= 4 is 13.9 Å². The standard InChI is InChI=1S/C21H29N2O5P/c1-3-15(2)19(13-24)23-20(21(22)29(25,26)27)17-9-11-18(12-10-17)28-14-16-7-5-4-6-8-16/h4-13,15,19-21,23H,3,14,22H2,1-2H3,(H2,25,26,27)/t15-,19+,20?,21?/m0/s1. The van der Waals surface area contributed by atoms with Gasteiger partial charge in [-0.25, -0.2) is 0 Å². The number of benzene rings is 2. The van der Waals surface area contributed by atoms with Crippen LogP contribution >= 0.6 is 7.60 Å². The van der Waals surface area contributed by atoms with Crippen molar-refractivity contribution in [2.45, 2.75) is 44.7 Å². The van der Waals surface area contributed by atoms with E-state index in [2.05, 4.69) is 5.32 Å². The van der Waals surface area contributed by atoms with Crippen molar-refractivity contribution in [1.29, 1.82) is 0 Å². The lowest BCUT2D eigenvalue weighted by atomic mass is 9.97. The second kappa shape index (κ2) is 10.7. The van der Waals surface area contributed by atoms with E-state index in [0.717, 1.165) is 18.3 Å². The molecule has 0 saturated carbocycles. The topological polar surface area (TPSA) is 122 Å². The molecule has 0 aliphatic heterocycles. The average molecular weight is 420 g/mol. The van der Waals surface area contributed by atoms with Gasteiger partial charge in [0.1, 0.15) is 24.4 Å². The predicted octanol–water partition coefficient (Wildman–Crippen LogP) is 2.97. The molecular weight excluding hydrogens is 391 g/mol. The molecule has 158 valence electrons. The number of nitrogens with one attached hydrogen (secondary N) is 1. The Labute approximate surface area is 171 Å². The summed E-state index contributed by atoms with van der Waals surface area (Å²) in [6, 6.07) is 15.1. The number of ether oxygens (including phenoxy) is 1.